The highest BCUT2D eigenvalue weighted by Gasteiger charge is 2.12. The molecule has 0 aliphatic carbocycles. The number of hydrogen-bond acceptors (Lipinski definition) is 4. The van der Waals surface area contributed by atoms with Crippen molar-refractivity contribution in [2.24, 2.45) is 0 Å². The highest BCUT2D eigenvalue weighted by molar-refractivity contribution is 5.80. The third-order valence-electron chi connectivity index (χ3n) is 2.34. The van der Waals surface area contributed by atoms with Crippen molar-refractivity contribution in [1.82, 2.24) is 25.4 Å². The van der Waals surface area contributed by atoms with Gasteiger partial charge in [0.1, 0.15) is 12.2 Å². The highest BCUT2D eigenvalue weighted by Crippen LogP contribution is 2.04. The van der Waals surface area contributed by atoms with E-state index in [9.17, 15) is 4.79 Å². The van der Waals surface area contributed by atoms with E-state index in [0.29, 0.717) is 6.54 Å². The molecule has 0 aromatic carbocycles. The quantitative estimate of drug-likeness (QED) is 0.744. The lowest BCUT2D eigenvalue weighted by atomic mass is 10.3. The molecule has 0 fully saturated rings. The van der Waals surface area contributed by atoms with Gasteiger partial charge in [-0.1, -0.05) is 0 Å². The fraction of sp³-hybridized carbons (Fsp3) is 0.700. The number of rotatable bonds is 5. The van der Waals surface area contributed by atoms with Gasteiger partial charge in [-0.3, -0.25) is 10.1 Å². The molecule has 16 heavy (non-hydrogen) atoms. The first-order valence-corrected chi connectivity index (χ1v) is 5.39. The van der Waals surface area contributed by atoms with Crippen LogP contribution in [-0.2, 0) is 11.3 Å². The van der Waals surface area contributed by atoms with Crippen LogP contribution in [-0.4, -0.2) is 33.8 Å². The van der Waals surface area contributed by atoms with Gasteiger partial charge in [-0.05, 0) is 20.8 Å². The molecule has 0 spiro atoms. The molecule has 1 aromatic heterocycles. The Morgan fingerprint density at radius 1 is 1.50 bits per heavy atom. The van der Waals surface area contributed by atoms with Gasteiger partial charge in [-0.25, -0.2) is 9.67 Å². The monoisotopic (exact) mass is 225 g/mol. The Bertz CT molecular complexity index is 347. The van der Waals surface area contributed by atoms with Crippen LogP contribution in [0.1, 0.15) is 32.6 Å². The van der Waals surface area contributed by atoms with Crippen LogP contribution >= 0.6 is 0 Å². The molecular weight excluding hydrogens is 206 g/mol. The van der Waals surface area contributed by atoms with E-state index in [4.69, 9.17) is 0 Å². The van der Waals surface area contributed by atoms with Crippen LogP contribution < -0.4 is 10.6 Å². The largest absolute Gasteiger partial charge is 0.358 e. The van der Waals surface area contributed by atoms with Gasteiger partial charge >= 0.3 is 0 Å². The molecule has 6 nitrogen and oxygen atoms in total. The van der Waals surface area contributed by atoms with Gasteiger partial charge in [0.15, 0.2) is 0 Å². The maximum absolute atomic E-state index is 11.3. The normalized spacial score (nSPS) is 12.8. The van der Waals surface area contributed by atoms with Crippen LogP contribution in [0.4, 0.5) is 0 Å². The van der Waals surface area contributed by atoms with Crippen molar-refractivity contribution in [2.75, 3.05) is 7.05 Å². The van der Waals surface area contributed by atoms with Crippen molar-refractivity contribution in [1.29, 1.82) is 0 Å². The number of hydrogen-bond donors (Lipinski definition) is 2. The first-order valence-electron chi connectivity index (χ1n) is 5.39. The Morgan fingerprint density at radius 2 is 2.19 bits per heavy atom. The van der Waals surface area contributed by atoms with E-state index in [1.165, 1.54) is 6.33 Å². The third-order valence-corrected chi connectivity index (χ3v) is 2.34. The molecule has 1 amide bonds. The van der Waals surface area contributed by atoms with Gasteiger partial charge in [0.25, 0.3) is 0 Å². The van der Waals surface area contributed by atoms with Crippen LogP contribution in [0.3, 0.4) is 0 Å². The zero-order valence-electron chi connectivity index (χ0n) is 10.2. The molecule has 1 unspecified atom stereocenters. The number of carbonyl (C=O) groups excluding carboxylic acids is 1. The molecule has 0 aliphatic rings. The van der Waals surface area contributed by atoms with Crippen LogP contribution in [0.15, 0.2) is 6.33 Å². The highest BCUT2D eigenvalue weighted by atomic mass is 16.2. The van der Waals surface area contributed by atoms with Gasteiger partial charge in [0.05, 0.1) is 12.6 Å². The summed E-state index contributed by atoms with van der Waals surface area (Å²) in [7, 11) is 1.62. The minimum Gasteiger partial charge on any atom is -0.358 e. The van der Waals surface area contributed by atoms with Gasteiger partial charge < -0.3 is 5.32 Å². The molecule has 2 N–H and O–H groups in total. The summed E-state index contributed by atoms with van der Waals surface area (Å²) < 4.78 is 1.84. The predicted octanol–water partition coefficient (Wildman–Crippen LogP) is 0.0831. The SMILES string of the molecule is CNC(=O)C(C)NCc1ncnn1C(C)C. The van der Waals surface area contributed by atoms with E-state index >= 15 is 0 Å². The molecule has 1 heterocycles. The summed E-state index contributed by atoms with van der Waals surface area (Å²) >= 11 is 0. The van der Waals surface area contributed by atoms with E-state index in [2.05, 4.69) is 20.7 Å². The van der Waals surface area contributed by atoms with E-state index < -0.39 is 0 Å². The van der Waals surface area contributed by atoms with Gasteiger partial charge in [0.2, 0.25) is 5.91 Å². The molecule has 1 rings (SSSR count). The minimum absolute atomic E-state index is 0.0318. The third kappa shape index (κ3) is 3.03. The Hall–Kier alpha value is -1.43. The van der Waals surface area contributed by atoms with E-state index in [0.717, 1.165) is 5.82 Å². The molecule has 90 valence electrons. The van der Waals surface area contributed by atoms with Crippen molar-refractivity contribution in [3.05, 3.63) is 12.2 Å². The molecule has 1 aromatic rings. The molecule has 0 bridgehead atoms. The number of carbonyl (C=O) groups is 1. The van der Waals surface area contributed by atoms with Gasteiger partial charge in [-0.15, -0.1) is 0 Å². The van der Waals surface area contributed by atoms with E-state index in [-0.39, 0.29) is 18.0 Å². The summed E-state index contributed by atoms with van der Waals surface area (Å²) in [5.41, 5.74) is 0. The summed E-state index contributed by atoms with van der Waals surface area (Å²) in [4.78, 5) is 15.4. The molecule has 0 aliphatic heterocycles. The number of nitrogens with one attached hydrogen (secondary N) is 2. The molecule has 0 radical (unpaired) electrons. The maximum atomic E-state index is 11.3. The topological polar surface area (TPSA) is 71.8 Å². The van der Waals surface area contributed by atoms with E-state index in [1.54, 1.807) is 7.05 Å². The molecule has 0 saturated heterocycles. The van der Waals surface area contributed by atoms with Crippen molar-refractivity contribution < 1.29 is 4.79 Å². The van der Waals surface area contributed by atoms with Crippen LogP contribution in [0.2, 0.25) is 0 Å². The second kappa shape index (κ2) is 5.60. The fourth-order valence-electron chi connectivity index (χ4n) is 1.39. The lowest BCUT2D eigenvalue weighted by Crippen LogP contribution is -2.40. The average molecular weight is 225 g/mol. The average Bonchev–Trinajstić information content (AvgIpc) is 2.72. The smallest absolute Gasteiger partial charge is 0.236 e. The summed E-state index contributed by atoms with van der Waals surface area (Å²) in [5, 5.41) is 9.81. The first kappa shape index (κ1) is 12.6. The zero-order valence-corrected chi connectivity index (χ0v) is 10.2. The number of likely N-dealkylation sites (N-methyl/N-ethyl adjacent to an activating group) is 1. The Morgan fingerprint density at radius 3 is 2.75 bits per heavy atom. The van der Waals surface area contributed by atoms with E-state index in [1.807, 2.05) is 25.5 Å². The lowest BCUT2D eigenvalue weighted by Gasteiger charge is -2.13. The maximum Gasteiger partial charge on any atom is 0.236 e. The Labute approximate surface area is 95.4 Å². The summed E-state index contributed by atoms with van der Waals surface area (Å²) in [6, 6.07) is 0.0388. The zero-order chi connectivity index (χ0) is 12.1. The Balaban J connectivity index is 2.54. The summed E-state index contributed by atoms with van der Waals surface area (Å²) in [6.07, 6.45) is 1.53. The molecule has 1 atom stereocenters. The van der Waals surface area contributed by atoms with Crippen LogP contribution in [0.25, 0.3) is 0 Å². The molecule has 6 heteroatoms. The first-order chi connectivity index (χ1) is 7.56. The summed E-state index contributed by atoms with van der Waals surface area (Å²) in [5.74, 6) is 0.807. The number of amides is 1. The van der Waals surface area contributed by atoms with Crippen molar-refractivity contribution in [3.8, 4) is 0 Å². The number of aromatic nitrogens is 3. The van der Waals surface area contributed by atoms with Crippen LogP contribution in [0.5, 0.6) is 0 Å². The van der Waals surface area contributed by atoms with Crippen molar-refractivity contribution in [3.63, 3.8) is 0 Å². The number of nitrogens with zero attached hydrogens (tertiary/aromatic N) is 3. The standard InChI is InChI=1S/C10H19N5O/c1-7(2)15-9(13-6-14-15)5-12-8(3)10(16)11-4/h6-8,12H,5H2,1-4H3,(H,11,16). The van der Waals surface area contributed by atoms with Gasteiger partial charge in [-0.2, -0.15) is 5.10 Å². The fourth-order valence-corrected chi connectivity index (χ4v) is 1.39. The lowest BCUT2D eigenvalue weighted by molar-refractivity contribution is -0.122. The molecular formula is C10H19N5O. The summed E-state index contributed by atoms with van der Waals surface area (Å²) in [6.45, 7) is 6.43. The second-order valence-corrected chi connectivity index (χ2v) is 3.93. The Kier molecular flexibility index (Phi) is 4.42. The van der Waals surface area contributed by atoms with Crippen molar-refractivity contribution >= 4 is 5.91 Å². The molecule has 0 saturated carbocycles. The minimum atomic E-state index is -0.234. The van der Waals surface area contributed by atoms with Crippen LogP contribution in [0, 0.1) is 0 Å². The second-order valence-electron chi connectivity index (χ2n) is 3.93. The van der Waals surface area contributed by atoms with Crippen molar-refractivity contribution in [2.45, 2.75) is 39.4 Å². The predicted molar refractivity (Wildman–Crippen MR) is 60.8 cm³/mol. The van der Waals surface area contributed by atoms with Gasteiger partial charge in [0, 0.05) is 13.1 Å².